The third kappa shape index (κ3) is 1.10. The van der Waals surface area contributed by atoms with Gasteiger partial charge >= 0.3 is 5.97 Å². The highest BCUT2D eigenvalue weighted by Crippen LogP contribution is 2.22. The van der Waals surface area contributed by atoms with E-state index in [2.05, 4.69) is 5.16 Å². The minimum absolute atomic E-state index is 0.133. The number of fused-ring (bicyclic) bond motifs is 1. The van der Waals surface area contributed by atoms with Crippen molar-refractivity contribution < 1.29 is 14.4 Å². The minimum atomic E-state index is -1.02. The van der Waals surface area contributed by atoms with Gasteiger partial charge in [-0.25, -0.2) is 4.79 Å². The summed E-state index contributed by atoms with van der Waals surface area (Å²) in [5.74, 6) is -1.02. The lowest BCUT2D eigenvalue weighted by Gasteiger charge is -1.96. The number of nitrogen functional groups attached to an aromatic ring is 1. The van der Waals surface area contributed by atoms with Crippen LogP contribution in [0.5, 0.6) is 0 Å². The maximum atomic E-state index is 10.6. The average molecular weight is 178 g/mol. The van der Waals surface area contributed by atoms with E-state index in [1.54, 1.807) is 0 Å². The number of rotatable bonds is 1. The first-order valence-electron chi connectivity index (χ1n) is 3.55. The molecule has 1 heterocycles. The number of hydrogen-bond acceptors (Lipinski definition) is 4. The van der Waals surface area contributed by atoms with Crippen LogP contribution in [0.2, 0.25) is 0 Å². The second-order valence-corrected chi connectivity index (χ2v) is 2.61. The predicted octanol–water partition coefficient (Wildman–Crippen LogP) is 1.11. The van der Waals surface area contributed by atoms with Crippen molar-refractivity contribution in [1.82, 2.24) is 5.16 Å². The zero-order valence-corrected chi connectivity index (χ0v) is 6.52. The molecule has 5 heteroatoms. The van der Waals surface area contributed by atoms with Gasteiger partial charge in [-0.1, -0.05) is 5.16 Å². The number of aromatic nitrogens is 1. The van der Waals surface area contributed by atoms with Gasteiger partial charge in [-0.3, -0.25) is 0 Å². The average Bonchev–Trinajstić information content (AvgIpc) is 2.51. The molecule has 0 aliphatic carbocycles. The SMILES string of the molecule is Nc1cc(C(=O)O)cc2cnoc12. The van der Waals surface area contributed by atoms with E-state index in [1.807, 2.05) is 0 Å². The molecule has 0 fully saturated rings. The molecule has 13 heavy (non-hydrogen) atoms. The summed E-state index contributed by atoms with van der Waals surface area (Å²) in [7, 11) is 0. The highest BCUT2D eigenvalue weighted by Gasteiger charge is 2.09. The molecule has 0 radical (unpaired) electrons. The molecule has 0 bridgehead atoms. The van der Waals surface area contributed by atoms with Crippen LogP contribution in [0, 0.1) is 0 Å². The van der Waals surface area contributed by atoms with Gasteiger partial charge in [-0.2, -0.15) is 0 Å². The van der Waals surface area contributed by atoms with Gasteiger partial charge in [-0.05, 0) is 12.1 Å². The van der Waals surface area contributed by atoms with Crippen molar-refractivity contribution >= 4 is 22.6 Å². The molecule has 0 atom stereocenters. The molecule has 5 nitrogen and oxygen atoms in total. The van der Waals surface area contributed by atoms with E-state index in [0.717, 1.165) is 0 Å². The smallest absolute Gasteiger partial charge is 0.335 e. The maximum absolute atomic E-state index is 10.6. The molecule has 2 aromatic rings. The van der Waals surface area contributed by atoms with Crippen LogP contribution in [-0.4, -0.2) is 16.2 Å². The number of carboxylic acid groups (broad SMARTS) is 1. The maximum Gasteiger partial charge on any atom is 0.335 e. The van der Waals surface area contributed by atoms with Crippen LogP contribution in [0.3, 0.4) is 0 Å². The summed E-state index contributed by atoms with van der Waals surface area (Å²) >= 11 is 0. The molecule has 0 saturated heterocycles. The Labute approximate surface area is 72.7 Å². The van der Waals surface area contributed by atoms with Crippen LogP contribution in [0.1, 0.15) is 10.4 Å². The van der Waals surface area contributed by atoms with Crippen LogP contribution in [-0.2, 0) is 0 Å². The summed E-state index contributed by atoms with van der Waals surface area (Å²) in [6.45, 7) is 0. The first-order valence-corrected chi connectivity index (χ1v) is 3.55. The number of nitrogens with two attached hydrogens (primary N) is 1. The van der Waals surface area contributed by atoms with Crippen LogP contribution < -0.4 is 5.73 Å². The Balaban J connectivity index is 2.77. The number of aromatic carboxylic acids is 1. The van der Waals surface area contributed by atoms with E-state index < -0.39 is 5.97 Å². The van der Waals surface area contributed by atoms with E-state index in [-0.39, 0.29) is 11.3 Å². The Morgan fingerprint density at radius 2 is 2.31 bits per heavy atom. The van der Waals surface area contributed by atoms with Crippen molar-refractivity contribution in [1.29, 1.82) is 0 Å². The van der Waals surface area contributed by atoms with E-state index in [4.69, 9.17) is 15.4 Å². The van der Waals surface area contributed by atoms with Gasteiger partial charge in [0.2, 0.25) is 0 Å². The standard InChI is InChI=1S/C8H6N2O3/c9-6-2-4(8(11)12)1-5-3-10-13-7(5)6/h1-3H,9H2,(H,11,12). The molecular formula is C8H6N2O3. The topological polar surface area (TPSA) is 89.4 Å². The first-order chi connectivity index (χ1) is 6.18. The predicted molar refractivity (Wildman–Crippen MR) is 45.4 cm³/mol. The van der Waals surface area contributed by atoms with Crippen molar-refractivity contribution in [3.63, 3.8) is 0 Å². The third-order valence-electron chi connectivity index (χ3n) is 1.73. The third-order valence-corrected chi connectivity index (χ3v) is 1.73. The van der Waals surface area contributed by atoms with Crippen molar-refractivity contribution in [2.45, 2.75) is 0 Å². The second kappa shape index (κ2) is 2.48. The van der Waals surface area contributed by atoms with Crippen molar-refractivity contribution in [2.24, 2.45) is 0 Å². The van der Waals surface area contributed by atoms with E-state index >= 15 is 0 Å². The fourth-order valence-electron chi connectivity index (χ4n) is 1.14. The number of carboxylic acids is 1. The number of carbonyl (C=O) groups is 1. The molecular weight excluding hydrogens is 172 g/mol. The molecule has 0 aliphatic heterocycles. The van der Waals surface area contributed by atoms with Gasteiger partial charge in [0.15, 0.2) is 5.58 Å². The van der Waals surface area contributed by atoms with E-state index in [9.17, 15) is 4.79 Å². The van der Waals surface area contributed by atoms with Gasteiger partial charge in [0.05, 0.1) is 17.4 Å². The lowest BCUT2D eigenvalue weighted by molar-refractivity contribution is 0.0697. The molecule has 0 saturated carbocycles. The summed E-state index contributed by atoms with van der Waals surface area (Å²) in [6.07, 6.45) is 1.43. The molecule has 2 rings (SSSR count). The van der Waals surface area contributed by atoms with Gasteiger partial charge in [0.1, 0.15) is 0 Å². The van der Waals surface area contributed by atoms with Crippen LogP contribution in [0.4, 0.5) is 5.69 Å². The van der Waals surface area contributed by atoms with Gasteiger partial charge in [0.25, 0.3) is 0 Å². The largest absolute Gasteiger partial charge is 0.478 e. The lowest BCUT2D eigenvalue weighted by atomic mass is 10.1. The number of nitrogens with zero attached hydrogens (tertiary/aromatic N) is 1. The summed E-state index contributed by atoms with van der Waals surface area (Å²) in [4.78, 5) is 10.6. The quantitative estimate of drug-likeness (QED) is 0.638. The zero-order valence-electron chi connectivity index (χ0n) is 6.52. The zero-order chi connectivity index (χ0) is 9.42. The van der Waals surface area contributed by atoms with E-state index in [0.29, 0.717) is 11.0 Å². The molecule has 0 unspecified atom stereocenters. The first kappa shape index (κ1) is 7.60. The summed E-state index contributed by atoms with van der Waals surface area (Å²) < 4.78 is 4.82. The number of benzene rings is 1. The molecule has 66 valence electrons. The molecule has 1 aromatic carbocycles. The van der Waals surface area contributed by atoms with E-state index in [1.165, 1.54) is 18.3 Å². The Kier molecular flexibility index (Phi) is 1.45. The molecule has 1 aromatic heterocycles. The second-order valence-electron chi connectivity index (χ2n) is 2.61. The number of hydrogen-bond donors (Lipinski definition) is 2. The Hall–Kier alpha value is -2.04. The number of anilines is 1. The monoisotopic (exact) mass is 178 g/mol. The Bertz CT molecular complexity index is 475. The van der Waals surface area contributed by atoms with Crippen molar-refractivity contribution in [2.75, 3.05) is 5.73 Å². The highest BCUT2D eigenvalue weighted by atomic mass is 16.5. The van der Waals surface area contributed by atoms with Crippen LogP contribution >= 0.6 is 0 Å². The van der Waals surface area contributed by atoms with Gasteiger partial charge in [0, 0.05) is 5.39 Å². The summed E-state index contributed by atoms with van der Waals surface area (Å²) in [5.41, 5.74) is 6.38. The molecule has 0 spiro atoms. The van der Waals surface area contributed by atoms with Gasteiger partial charge < -0.3 is 15.4 Å². The van der Waals surface area contributed by atoms with Crippen LogP contribution in [0.25, 0.3) is 11.0 Å². The van der Waals surface area contributed by atoms with Crippen molar-refractivity contribution in [3.8, 4) is 0 Å². The Morgan fingerprint density at radius 3 is 3.00 bits per heavy atom. The van der Waals surface area contributed by atoms with Gasteiger partial charge in [-0.15, -0.1) is 0 Å². The summed E-state index contributed by atoms with van der Waals surface area (Å²) in [5, 5.41) is 12.8. The fraction of sp³-hybridized carbons (Fsp3) is 0. The molecule has 0 amide bonds. The Morgan fingerprint density at radius 1 is 1.54 bits per heavy atom. The minimum Gasteiger partial charge on any atom is -0.478 e. The highest BCUT2D eigenvalue weighted by molar-refractivity contribution is 5.97. The molecule has 3 N–H and O–H groups in total. The lowest BCUT2D eigenvalue weighted by Crippen LogP contribution is -1.97. The molecule has 0 aliphatic rings. The van der Waals surface area contributed by atoms with Crippen molar-refractivity contribution in [3.05, 3.63) is 23.9 Å². The van der Waals surface area contributed by atoms with Crippen LogP contribution in [0.15, 0.2) is 22.9 Å². The fourth-order valence-corrected chi connectivity index (χ4v) is 1.14. The normalized spacial score (nSPS) is 10.5. The summed E-state index contributed by atoms with van der Waals surface area (Å²) in [6, 6.07) is 2.81.